The Morgan fingerprint density at radius 1 is 1.27 bits per heavy atom. The summed E-state index contributed by atoms with van der Waals surface area (Å²) in [7, 11) is 0. The van der Waals surface area contributed by atoms with E-state index in [-0.39, 0.29) is 11.0 Å². The zero-order valence-corrected chi connectivity index (χ0v) is 17.7. The summed E-state index contributed by atoms with van der Waals surface area (Å²) < 4.78 is 6.92. The van der Waals surface area contributed by atoms with Crippen LogP contribution in [0, 0.1) is 0 Å². The number of nitrogens with one attached hydrogen (secondary N) is 2. The molecule has 0 atom stereocenters. The number of nitrogens with zero attached hydrogens (tertiary/aromatic N) is 4. The number of benzene rings is 1. The van der Waals surface area contributed by atoms with Crippen LogP contribution in [0.5, 0.6) is 0 Å². The average molecular weight is 439 g/mol. The van der Waals surface area contributed by atoms with Gasteiger partial charge in [-0.1, -0.05) is 42.5 Å². The average Bonchev–Trinajstić information content (AvgIpc) is 3.48. The molecule has 0 saturated heterocycles. The molecular formula is C20H18N6O2S2. The van der Waals surface area contributed by atoms with Gasteiger partial charge in [-0.05, 0) is 36.0 Å². The minimum absolute atomic E-state index is 0.258. The van der Waals surface area contributed by atoms with Crippen LogP contribution in [0.4, 0.5) is 0 Å². The van der Waals surface area contributed by atoms with Crippen molar-refractivity contribution in [2.75, 3.05) is 0 Å². The van der Waals surface area contributed by atoms with Crippen LogP contribution in [0.25, 0.3) is 21.6 Å². The monoisotopic (exact) mass is 438 g/mol. The predicted molar refractivity (Wildman–Crippen MR) is 119 cm³/mol. The highest BCUT2D eigenvalue weighted by molar-refractivity contribution is 7.80. The summed E-state index contributed by atoms with van der Waals surface area (Å²) in [6.07, 6.45) is 5.27. The summed E-state index contributed by atoms with van der Waals surface area (Å²) in [5.41, 5.74) is 2.04. The number of amides is 1. The first-order chi connectivity index (χ1) is 14.6. The maximum Gasteiger partial charge on any atom is 0.250 e. The first-order valence-corrected chi connectivity index (χ1v) is 10.5. The van der Waals surface area contributed by atoms with Gasteiger partial charge < -0.3 is 9.73 Å². The Morgan fingerprint density at radius 2 is 2.10 bits per heavy atom. The highest BCUT2D eigenvalue weighted by Gasteiger charge is 2.11. The molecule has 0 unspecified atom stereocenters. The fourth-order valence-electron chi connectivity index (χ4n) is 2.68. The van der Waals surface area contributed by atoms with E-state index in [2.05, 4.69) is 25.9 Å². The molecule has 0 bridgehead atoms. The zero-order valence-electron chi connectivity index (χ0n) is 16.0. The smallest absolute Gasteiger partial charge is 0.250 e. The van der Waals surface area contributed by atoms with Crippen molar-refractivity contribution in [2.24, 2.45) is 0 Å². The van der Waals surface area contributed by atoms with E-state index in [4.69, 9.17) is 16.6 Å². The number of fused-ring (bicyclic) bond motifs is 1. The third-order valence-electron chi connectivity index (χ3n) is 4.20. The lowest BCUT2D eigenvalue weighted by Gasteiger charge is -2.08. The summed E-state index contributed by atoms with van der Waals surface area (Å²) in [6.45, 7) is 2.52. The normalized spacial score (nSPS) is 11.2. The second-order valence-corrected chi connectivity index (χ2v) is 7.65. The van der Waals surface area contributed by atoms with E-state index < -0.39 is 0 Å². The van der Waals surface area contributed by atoms with E-state index in [9.17, 15) is 4.79 Å². The minimum atomic E-state index is -0.325. The quantitative estimate of drug-likeness (QED) is 0.352. The standard InChI is InChI=1S/C20H18N6O2S2/c1-2-16-23-24-20-26(16)25-18(30-20)14-7-5-13(6-8-14)12-21-19(29)22-17(27)10-9-15-4-3-11-28-15/h3-11H,2,12H2,1H3,(H2,21,22,27,29)/b10-9+. The van der Waals surface area contributed by atoms with E-state index in [1.165, 1.54) is 17.4 Å². The molecule has 3 heterocycles. The van der Waals surface area contributed by atoms with E-state index in [1.54, 1.807) is 29.0 Å². The van der Waals surface area contributed by atoms with Crippen molar-refractivity contribution in [1.29, 1.82) is 0 Å². The van der Waals surface area contributed by atoms with E-state index in [0.717, 1.165) is 33.3 Å². The van der Waals surface area contributed by atoms with Gasteiger partial charge in [0.25, 0.3) is 0 Å². The summed E-state index contributed by atoms with van der Waals surface area (Å²) in [5, 5.41) is 19.6. The number of hydrogen-bond donors (Lipinski definition) is 2. The van der Waals surface area contributed by atoms with Crippen molar-refractivity contribution in [1.82, 2.24) is 30.4 Å². The molecular weight excluding hydrogens is 420 g/mol. The second kappa shape index (κ2) is 8.97. The van der Waals surface area contributed by atoms with E-state index in [0.29, 0.717) is 12.3 Å². The van der Waals surface area contributed by atoms with Crippen LogP contribution in [0.1, 0.15) is 24.1 Å². The topological polar surface area (TPSA) is 97.3 Å². The van der Waals surface area contributed by atoms with Gasteiger partial charge >= 0.3 is 0 Å². The Hall–Kier alpha value is -3.37. The van der Waals surface area contributed by atoms with Crippen molar-refractivity contribution in [3.05, 3.63) is 65.9 Å². The summed E-state index contributed by atoms with van der Waals surface area (Å²) in [5.74, 6) is 1.12. The summed E-state index contributed by atoms with van der Waals surface area (Å²) >= 11 is 6.67. The van der Waals surface area contributed by atoms with Gasteiger partial charge in [0.1, 0.15) is 10.8 Å². The molecule has 1 aromatic carbocycles. The van der Waals surface area contributed by atoms with Gasteiger partial charge in [0.2, 0.25) is 10.9 Å². The highest BCUT2D eigenvalue weighted by atomic mass is 32.1. The third-order valence-corrected chi connectivity index (χ3v) is 5.40. The van der Waals surface area contributed by atoms with Crippen molar-refractivity contribution in [3.8, 4) is 10.6 Å². The first kappa shape index (κ1) is 19.9. The van der Waals surface area contributed by atoms with Crippen LogP contribution in [0.15, 0.2) is 53.2 Å². The Morgan fingerprint density at radius 3 is 2.83 bits per heavy atom. The Bertz CT molecular complexity index is 1190. The molecule has 0 radical (unpaired) electrons. The molecule has 0 saturated carbocycles. The maximum atomic E-state index is 11.9. The molecule has 152 valence electrons. The van der Waals surface area contributed by atoms with Crippen molar-refractivity contribution in [3.63, 3.8) is 0 Å². The molecule has 2 N–H and O–H groups in total. The van der Waals surface area contributed by atoms with Gasteiger partial charge in [0.15, 0.2) is 10.9 Å². The highest BCUT2D eigenvalue weighted by Crippen LogP contribution is 2.25. The molecule has 8 nitrogen and oxygen atoms in total. The number of carbonyl (C=O) groups excluding carboxylic acids is 1. The van der Waals surface area contributed by atoms with Crippen LogP contribution in [-0.4, -0.2) is 30.8 Å². The van der Waals surface area contributed by atoms with E-state index in [1.807, 2.05) is 31.2 Å². The van der Waals surface area contributed by atoms with E-state index >= 15 is 0 Å². The molecule has 1 amide bonds. The molecule has 0 fully saturated rings. The summed E-state index contributed by atoms with van der Waals surface area (Å²) in [6, 6.07) is 11.5. The molecule has 30 heavy (non-hydrogen) atoms. The van der Waals surface area contributed by atoms with Crippen molar-refractivity contribution >= 4 is 45.6 Å². The minimum Gasteiger partial charge on any atom is -0.465 e. The molecule has 0 aliphatic rings. The van der Waals surface area contributed by atoms with Gasteiger partial charge in [0.05, 0.1) is 6.26 Å². The SMILES string of the molecule is CCc1nnc2sc(-c3ccc(CNC(=S)NC(=O)/C=C/c4ccco4)cc3)nn12. The lowest BCUT2D eigenvalue weighted by molar-refractivity contribution is -0.115. The fourth-order valence-corrected chi connectivity index (χ4v) is 3.72. The van der Waals surface area contributed by atoms with Gasteiger partial charge in [-0.2, -0.15) is 9.61 Å². The number of aromatic nitrogens is 4. The van der Waals surface area contributed by atoms with Crippen molar-refractivity contribution in [2.45, 2.75) is 19.9 Å². The Kier molecular flexibility index (Phi) is 5.96. The molecule has 4 aromatic rings. The first-order valence-electron chi connectivity index (χ1n) is 9.23. The van der Waals surface area contributed by atoms with Crippen LogP contribution >= 0.6 is 23.6 Å². The van der Waals surface area contributed by atoms with Crippen LogP contribution in [0.2, 0.25) is 0 Å². The predicted octanol–water partition coefficient (Wildman–Crippen LogP) is 3.21. The lowest BCUT2D eigenvalue weighted by atomic mass is 10.1. The number of rotatable bonds is 6. The fraction of sp³-hybridized carbons (Fsp3) is 0.150. The Balaban J connectivity index is 1.31. The number of thiocarbonyl (C=S) groups is 1. The van der Waals surface area contributed by atoms with Crippen LogP contribution < -0.4 is 10.6 Å². The summed E-state index contributed by atoms with van der Waals surface area (Å²) in [4.78, 5) is 12.7. The number of aryl methyl sites for hydroxylation is 1. The molecule has 10 heteroatoms. The maximum absolute atomic E-state index is 11.9. The Labute approximate surface area is 181 Å². The zero-order chi connectivity index (χ0) is 20.9. The number of carbonyl (C=O) groups is 1. The van der Waals surface area contributed by atoms with Gasteiger partial charge in [-0.3, -0.25) is 10.1 Å². The number of hydrogen-bond acceptors (Lipinski definition) is 7. The number of furan rings is 1. The van der Waals surface area contributed by atoms with Gasteiger partial charge in [-0.15, -0.1) is 10.2 Å². The second-order valence-electron chi connectivity index (χ2n) is 6.29. The largest absolute Gasteiger partial charge is 0.465 e. The van der Waals surface area contributed by atoms with Gasteiger partial charge in [0, 0.05) is 24.6 Å². The lowest BCUT2D eigenvalue weighted by Crippen LogP contribution is -2.37. The molecule has 0 aliphatic heterocycles. The van der Waals surface area contributed by atoms with Crippen LogP contribution in [0.3, 0.4) is 0 Å². The molecule has 4 rings (SSSR count). The van der Waals surface area contributed by atoms with Gasteiger partial charge in [-0.25, -0.2) is 0 Å². The third kappa shape index (κ3) is 4.61. The molecule has 0 aliphatic carbocycles. The van der Waals surface area contributed by atoms with Crippen molar-refractivity contribution < 1.29 is 9.21 Å². The van der Waals surface area contributed by atoms with Crippen LogP contribution in [-0.2, 0) is 17.8 Å². The molecule has 0 spiro atoms. The molecule has 3 aromatic heterocycles.